The molecule has 0 radical (unpaired) electrons. The Hall–Kier alpha value is -1.17. The Labute approximate surface area is 121 Å². The highest BCUT2D eigenvalue weighted by atomic mass is 15.4. The average molecular weight is 275 g/mol. The van der Waals surface area contributed by atoms with E-state index in [9.17, 15) is 0 Å². The van der Waals surface area contributed by atoms with Crippen LogP contribution in [0.5, 0.6) is 0 Å². The maximum atomic E-state index is 6.19. The van der Waals surface area contributed by atoms with Crippen molar-refractivity contribution in [1.82, 2.24) is 20.1 Å². The minimum Gasteiger partial charge on any atom is -0.398 e. The minimum atomic E-state index is 0.284. The highest BCUT2D eigenvalue weighted by molar-refractivity contribution is 5.47. The molecule has 5 nitrogen and oxygen atoms in total. The van der Waals surface area contributed by atoms with E-state index >= 15 is 0 Å². The summed E-state index contributed by atoms with van der Waals surface area (Å²) in [5.74, 6) is 0. The van der Waals surface area contributed by atoms with Gasteiger partial charge >= 0.3 is 0 Å². The zero-order valence-electron chi connectivity index (χ0n) is 12.3. The van der Waals surface area contributed by atoms with E-state index in [1.165, 1.54) is 26.2 Å². The molecule has 4 heterocycles. The van der Waals surface area contributed by atoms with Gasteiger partial charge in [0.05, 0.1) is 6.04 Å². The quantitative estimate of drug-likeness (QED) is 0.828. The smallest absolute Gasteiger partial charge is 0.0526 e. The third-order valence-electron chi connectivity index (χ3n) is 4.54. The Balaban J connectivity index is 1.84. The van der Waals surface area contributed by atoms with Crippen LogP contribution in [0.3, 0.4) is 0 Å². The van der Waals surface area contributed by atoms with Gasteiger partial charge in [-0.2, -0.15) is 0 Å². The number of nitrogens with one attached hydrogen (secondary N) is 1. The van der Waals surface area contributed by atoms with Crippen molar-refractivity contribution in [3.8, 4) is 0 Å². The number of nitrogen functional groups attached to an aromatic ring is 1. The van der Waals surface area contributed by atoms with E-state index in [0.717, 1.165) is 30.8 Å². The predicted octanol–water partition coefficient (Wildman–Crippen LogP) is 0.704. The van der Waals surface area contributed by atoms with Crippen LogP contribution in [-0.2, 0) is 0 Å². The lowest BCUT2D eigenvalue weighted by atomic mass is 9.94. The summed E-state index contributed by atoms with van der Waals surface area (Å²) < 4.78 is 0. The molecule has 0 saturated carbocycles. The van der Waals surface area contributed by atoms with E-state index in [1.807, 2.05) is 12.3 Å². The molecule has 3 fully saturated rings. The standard InChI is InChI=1S/C15H25N5/c1-2-4-18-15(12-10-17-5-3-13(12)16)14-11-19-6-8-20(14)9-7-19/h3,5,10,14-15,18H,2,4,6-9,11H2,1H3,(H2,16,17). The zero-order valence-corrected chi connectivity index (χ0v) is 12.3. The molecular formula is C15H25N5. The molecule has 4 rings (SSSR count). The predicted molar refractivity (Wildman–Crippen MR) is 81.5 cm³/mol. The van der Waals surface area contributed by atoms with Gasteiger partial charge in [-0.3, -0.25) is 14.8 Å². The van der Waals surface area contributed by atoms with Crippen molar-refractivity contribution >= 4 is 5.69 Å². The number of aromatic nitrogens is 1. The maximum absolute atomic E-state index is 6.19. The van der Waals surface area contributed by atoms with E-state index in [1.54, 1.807) is 6.20 Å². The van der Waals surface area contributed by atoms with Crippen LogP contribution < -0.4 is 11.1 Å². The van der Waals surface area contributed by atoms with Crippen molar-refractivity contribution in [2.24, 2.45) is 0 Å². The molecule has 2 unspecified atom stereocenters. The normalized spacial score (nSPS) is 30.4. The lowest BCUT2D eigenvalue weighted by Crippen LogP contribution is -2.64. The van der Waals surface area contributed by atoms with Crippen LogP contribution in [0, 0.1) is 0 Å². The Morgan fingerprint density at radius 2 is 2.20 bits per heavy atom. The minimum absolute atomic E-state index is 0.284. The fourth-order valence-electron chi connectivity index (χ4n) is 3.40. The Kier molecular flexibility index (Phi) is 4.19. The van der Waals surface area contributed by atoms with Crippen LogP contribution in [0.1, 0.15) is 24.9 Å². The van der Waals surface area contributed by atoms with Crippen LogP contribution in [0.25, 0.3) is 0 Å². The fraction of sp³-hybridized carbons (Fsp3) is 0.667. The number of fused-ring (bicyclic) bond motifs is 3. The second-order valence-corrected chi connectivity index (χ2v) is 5.84. The molecule has 3 N–H and O–H groups in total. The molecule has 0 aromatic carbocycles. The highest BCUT2D eigenvalue weighted by Crippen LogP contribution is 2.29. The zero-order chi connectivity index (χ0) is 13.9. The fourth-order valence-corrected chi connectivity index (χ4v) is 3.40. The van der Waals surface area contributed by atoms with Crippen LogP contribution in [0.15, 0.2) is 18.5 Å². The molecule has 3 aliphatic heterocycles. The van der Waals surface area contributed by atoms with Gasteiger partial charge in [0.2, 0.25) is 0 Å². The van der Waals surface area contributed by atoms with Crippen molar-refractivity contribution in [1.29, 1.82) is 0 Å². The van der Waals surface area contributed by atoms with Gasteiger partial charge in [-0.1, -0.05) is 6.92 Å². The van der Waals surface area contributed by atoms with Crippen LogP contribution in [0.4, 0.5) is 5.69 Å². The summed E-state index contributed by atoms with van der Waals surface area (Å²) in [6.45, 7) is 9.12. The van der Waals surface area contributed by atoms with E-state index in [0.29, 0.717) is 6.04 Å². The number of nitrogens with zero attached hydrogens (tertiary/aromatic N) is 3. The third kappa shape index (κ3) is 2.66. The summed E-state index contributed by atoms with van der Waals surface area (Å²) >= 11 is 0. The van der Waals surface area contributed by atoms with Crippen molar-refractivity contribution in [3.63, 3.8) is 0 Å². The highest BCUT2D eigenvalue weighted by Gasteiger charge is 2.37. The second-order valence-electron chi connectivity index (χ2n) is 5.84. The summed E-state index contributed by atoms with van der Waals surface area (Å²) in [5.41, 5.74) is 8.19. The molecule has 0 spiro atoms. The molecule has 2 bridgehead atoms. The molecule has 1 aromatic rings. The first-order valence-corrected chi connectivity index (χ1v) is 7.68. The summed E-state index contributed by atoms with van der Waals surface area (Å²) in [7, 11) is 0. The van der Waals surface area contributed by atoms with Gasteiger partial charge in [-0.15, -0.1) is 0 Å². The first kappa shape index (κ1) is 13.8. The SMILES string of the molecule is CCCNC(c1cnccc1N)C1CN2CCN1CC2. The van der Waals surface area contributed by atoms with Gasteiger partial charge in [0.1, 0.15) is 0 Å². The van der Waals surface area contributed by atoms with E-state index in [-0.39, 0.29) is 6.04 Å². The van der Waals surface area contributed by atoms with Crippen molar-refractivity contribution in [3.05, 3.63) is 24.0 Å². The molecule has 0 aliphatic carbocycles. The van der Waals surface area contributed by atoms with E-state index in [4.69, 9.17) is 5.73 Å². The number of anilines is 1. The largest absolute Gasteiger partial charge is 0.398 e. The van der Waals surface area contributed by atoms with Gasteiger partial charge in [0.15, 0.2) is 0 Å². The maximum Gasteiger partial charge on any atom is 0.0526 e. The van der Waals surface area contributed by atoms with Crippen molar-refractivity contribution < 1.29 is 0 Å². The first-order valence-electron chi connectivity index (χ1n) is 7.68. The number of piperazine rings is 3. The Morgan fingerprint density at radius 1 is 1.40 bits per heavy atom. The van der Waals surface area contributed by atoms with Crippen LogP contribution in [0.2, 0.25) is 0 Å². The first-order chi connectivity index (χ1) is 9.79. The molecule has 20 heavy (non-hydrogen) atoms. The molecular weight excluding hydrogens is 250 g/mol. The molecule has 1 aromatic heterocycles. The van der Waals surface area contributed by atoms with E-state index < -0.39 is 0 Å². The summed E-state index contributed by atoms with van der Waals surface area (Å²) in [4.78, 5) is 9.46. The van der Waals surface area contributed by atoms with Crippen molar-refractivity contribution in [2.75, 3.05) is 45.0 Å². The Morgan fingerprint density at radius 3 is 2.80 bits per heavy atom. The number of hydrogen-bond donors (Lipinski definition) is 2. The second kappa shape index (κ2) is 6.08. The van der Waals surface area contributed by atoms with Gasteiger partial charge in [-0.05, 0) is 19.0 Å². The van der Waals surface area contributed by atoms with Crippen LogP contribution in [-0.4, -0.2) is 60.1 Å². The molecule has 110 valence electrons. The molecule has 3 saturated heterocycles. The van der Waals surface area contributed by atoms with Gasteiger partial charge < -0.3 is 11.1 Å². The number of hydrogen-bond acceptors (Lipinski definition) is 5. The molecule has 0 amide bonds. The monoisotopic (exact) mass is 275 g/mol. The third-order valence-corrected chi connectivity index (χ3v) is 4.54. The number of nitrogens with two attached hydrogens (primary N) is 1. The molecule has 5 heteroatoms. The average Bonchev–Trinajstić information content (AvgIpc) is 2.50. The molecule has 2 atom stereocenters. The van der Waals surface area contributed by atoms with Crippen LogP contribution >= 0.6 is 0 Å². The van der Waals surface area contributed by atoms with Gasteiger partial charge in [0.25, 0.3) is 0 Å². The topological polar surface area (TPSA) is 57.4 Å². The lowest BCUT2D eigenvalue weighted by Gasteiger charge is -2.50. The van der Waals surface area contributed by atoms with E-state index in [2.05, 4.69) is 27.0 Å². The number of rotatable bonds is 5. The summed E-state index contributed by atoms with van der Waals surface area (Å²) in [5, 5.41) is 3.69. The van der Waals surface area contributed by atoms with Gasteiger partial charge in [-0.25, -0.2) is 0 Å². The lowest BCUT2D eigenvalue weighted by molar-refractivity contribution is -0.00358. The summed E-state index contributed by atoms with van der Waals surface area (Å²) in [6, 6.07) is 2.70. The number of pyridine rings is 1. The van der Waals surface area contributed by atoms with Gasteiger partial charge in [0, 0.05) is 62.4 Å². The Bertz CT molecular complexity index is 442. The van der Waals surface area contributed by atoms with Crippen molar-refractivity contribution in [2.45, 2.75) is 25.4 Å². The molecule has 3 aliphatic rings. The summed E-state index contributed by atoms with van der Waals surface area (Å²) in [6.07, 6.45) is 4.83.